The zero-order valence-corrected chi connectivity index (χ0v) is 19.4. The molecule has 3 rings (SSSR count). The maximum Gasteiger partial charge on any atom is 0.407 e. The highest BCUT2D eigenvalue weighted by Gasteiger charge is 2.21. The lowest BCUT2D eigenvalue weighted by Crippen LogP contribution is -2.38. The van der Waals surface area contributed by atoms with Gasteiger partial charge in [-0.05, 0) is 25.1 Å². The van der Waals surface area contributed by atoms with Gasteiger partial charge in [-0.15, -0.1) is 0 Å². The second-order valence-electron chi connectivity index (χ2n) is 7.23. The number of halogens is 2. The summed E-state index contributed by atoms with van der Waals surface area (Å²) in [5.74, 6) is -0.618. The smallest absolute Gasteiger partial charge is 0.407 e. The molecule has 11 nitrogen and oxygen atoms in total. The van der Waals surface area contributed by atoms with Crippen LogP contribution >= 0.6 is 11.6 Å². The molecule has 0 aliphatic heterocycles. The van der Waals surface area contributed by atoms with Crippen molar-refractivity contribution >= 4 is 39.4 Å². The number of carboxylic acid groups (broad SMARTS) is 1. The third kappa shape index (κ3) is 5.87. The SMILES string of the molecule is C[C@@H](CNc1nccc(-c2c[nH]nc2-c2cc(Cl)cc(NS(C)(=O)=O)c2F)n1)N(C)C(=O)O. The summed E-state index contributed by atoms with van der Waals surface area (Å²) in [6.45, 7) is 1.98. The fourth-order valence-corrected chi connectivity index (χ4v) is 3.65. The Morgan fingerprint density at radius 2 is 2.09 bits per heavy atom. The zero-order valence-electron chi connectivity index (χ0n) is 17.8. The van der Waals surface area contributed by atoms with E-state index in [4.69, 9.17) is 16.7 Å². The summed E-state index contributed by atoms with van der Waals surface area (Å²) in [5, 5.41) is 18.9. The number of aromatic nitrogens is 4. The van der Waals surface area contributed by atoms with Crippen LogP contribution in [0.4, 0.5) is 20.8 Å². The molecule has 1 atom stereocenters. The molecule has 1 aromatic carbocycles. The average Bonchev–Trinajstić information content (AvgIpc) is 3.22. The van der Waals surface area contributed by atoms with Crippen LogP contribution < -0.4 is 10.0 Å². The maximum absolute atomic E-state index is 15.1. The van der Waals surface area contributed by atoms with Gasteiger partial charge in [-0.1, -0.05) is 11.6 Å². The first-order valence-electron chi connectivity index (χ1n) is 9.50. The number of rotatable bonds is 8. The van der Waals surface area contributed by atoms with Crippen LogP contribution in [0.1, 0.15) is 6.92 Å². The van der Waals surface area contributed by atoms with Gasteiger partial charge in [-0.2, -0.15) is 5.10 Å². The molecule has 0 radical (unpaired) electrons. The summed E-state index contributed by atoms with van der Waals surface area (Å²) in [7, 11) is -2.29. The van der Waals surface area contributed by atoms with E-state index in [0.717, 1.165) is 17.2 Å². The van der Waals surface area contributed by atoms with Gasteiger partial charge >= 0.3 is 6.09 Å². The minimum atomic E-state index is -3.74. The molecule has 3 aromatic rings. The Balaban J connectivity index is 1.93. The van der Waals surface area contributed by atoms with Crippen molar-refractivity contribution in [2.24, 2.45) is 0 Å². The number of nitrogens with zero attached hydrogens (tertiary/aromatic N) is 4. The second kappa shape index (κ2) is 9.58. The summed E-state index contributed by atoms with van der Waals surface area (Å²) in [6.07, 6.45) is 2.83. The van der Waals surface area contributed by atoms with Crippen molar-refractivity contribution in [3.05, 3.63) is 41.4 Å². The number of hydrogen-bond donors (Lipinski definition) is 4. The Kier molecular flexibility index (Phi) is 7.03. The van der Waals surface area contributed by atoms with Crippen LogP contribution in [-0.2, 0) is 10.0 Å². The summed E-state index contributed by atoms with van der Waals surface area (Å²) in [6, 6.07) is 3.73. The first-order chi connectivity index (χ1) is 15.5. The van der Waals surface area contributed by atoms with Crippen LogP contribution in [0.25, 0.3) is 22.5 Å². The number of sulfonamides is 1. The Bertz CT molecular complexity index is 1280. The van der Waals surface area contributed by atoms with E-state index >= 15 is 4.39 Å². The lowest BCUT2D eigenvalue weighted by molar-refractivity contribution is 0.144. The highest BCUT2D eigenvalue weighted by atomic mass is 35.5. The van der Waals surface area contributed by atoms with Crippen molar-refractivity contribution in [3.8, 4) is 22.5 Å². The molecule has 0 fully saturated rings. The Labute approximate surface area is 194 Å². The second-order valence-corrected chi connectivity index (χ2v) is 9.41. The third-order valence-corrected chi connectivity index (χ3v) is 5.49. The van der Waals surface area contributed by atoms with Gasteiger partial charge in [0.2, 0.25) is 16.0 Å². The highest BCUT2D eigenvalue weighted by Crippen LogP contribution is 2.36. The summed E-state index contributed by atoms with van der Waals surface area (Å²) < 4.78 is 40.4. The fraction of sp³-hybridized carbons (Fsp3) is 0.263. The highest BCUT2D eigenvalue weighted by molar-refractivity contribution is 7.92. The van der Waals surface area contributed by atoms with Crippen LogP contribution in [0, 0.1) is 5.82 Å². The monoisotopic (exact) mass is 497 g/mol. The van der Waals surface area contributed by atoms with Crippen LogP contribution in [0.15, 0.2) is 30.6 Å². The van der Waals surface area contributed by atoms with Gasteiger partial charge in [0.15, 0.2) is 5.82 Å². The van der Waals surface area contributed by atoms with Crippen molar-refractivity contribution in [3.63, 3.8) is 0 Å². The van der Waals surface area contributed by atoms with Gasteiger partial charge in [0.05, 0.1) is 17.6 Å². The molecule has 2 heterocycles. The molecule has 4 N–H and O–H groups in total. The number of carbonyl (C=O) groups is 1. The Hall–Kier alpha value is -3.45. The standard InChI is InChI=1S/C19H21ClFN7O4S/c1-10(28(2)19(29)30)8-23-18-22-5-4-14(25-18)13-9-24-26-17(13)12-6-11(20)7-15(16(12)21)27-33(3,31)32/h4-7,9-10,27H,8H2,1-3H3,(H,24,26)(H,29,30)(H,22,23,25)/t10-/m0/s1. The summed E-state index contributed by atoms with van der Waals surface area (Å²) in [4.78, 5) is 20.7. The van der Waals surface area contributed by atoms with Crippen molar-refractivity contribution in [2.45, 2.75) is 13.0 Å². The van der Waals surface area contributed by atoms with E-state index in [1.807, 2.05) is 0 Å². The number of benzene rings is 1. The number of hydrogen-bond acceptors (Lipinski definition) is 7. The van der Waals surface area contributed by atoms with Crippen LogP contribution in [-0.4, -0.2) is 70.6 Å². The molecule has 0 spiro atoms. The van der Waals surface area contributed by atoms with Gasteiger partial charge in [-0.3, -0.25) is 9.82 Å². The van der Waals surface area contributed by atoms with Crippen molar-refractivity contribution in [2.75, 3.05) is 29.9 Å². The molecule has 0 aliphatic rings. The van der Waals surface area contributed by atoms with E-state index in [0.29, 0.717) is 11.3 Å². The molecule has 0 unspecified atom stereocenters. The maximum atomic E-state index is 15.1. The normalized spacial score (nSPS) is 12.3. The molecular weight excluding hydrogens is 477 g/mol. The lowest BCUT2D eigenvalue weighted by atomic mass is 10.0. The van der Waals surface area contributed by atoms with E-state index in [2.05, 4.69) is 30.2 Å². The molecule has 0 bridgehead atoms. The van der Waals surface area contributed by atoms with Crippen LogP contribution in [0.2, 0.25) is 5.02 Å². The van der Waals surface area contributed by atoms with Crippen molar-refractivity contribution in [1.29, 1.82) is 0 Å². The number of aromatic amines is 1. The van der Waals surface area contributed by atoms with Gasteiger partial charge in [-0.25, -0.2) is 27.6 Å². The molecule has 0 saturated carbocycles. The van der Waals surface area contributed by atoms with E-state index in [-0.39, 0.29) is 40.5 Å². The van der Waals surface area contributed by atoms with Gasteiger partial charge in [0.25, 0.3) is 0 Å². The molecular formula is C19H21ClFN7O4S. The van der Waals surface area contributed by atoms with Gasteiger partial charge in [0.1, 0.15) is 5.69 Å². The molecule has 14 heteroatoms. The largest absolute Gasteiger partial charge is 0.465 e. The van der Waals surface area contributed by atoms with Gasteiger partial charge < -0.3 is 15.3 Å². The van der Waals surface area contributed by atoms with E-state index < -0.39 is 21.9 Å². The Morgan fingerprint density at radius 1 is 1.36 bits per heavy atom. The average molecular weight is 498 g/mol. The van der Waals surface area contributed by atoms with E-state index in [1.165, 1.54) is 25.5 Å². The van der Waals surface area contributed by atoms with Crippen molar-refractivity contribution < 1.29 is 22.7 Å². The topological polar surface area (TPSA) is 153 Å². The molecule has 176 valence electrons. The number of amides is 1. The minimum absolute atomic E-state index is 0.0327. The summed E-state index contributed by atoms with van der Waals surface area (Å²) in [5.41, 5.74) is 0.635. The predicted molar refractivity (Wildman–Crippen MR) is 122 cm³/mol. The quantitative estimate of drug-likeness (QED) is 0.370. The van der Waals surface area contributed by atoms with Gasteiger partial charge in [0, 0.05) is 48.2 Å². The molecule has 0 aliphatic carbocycles. The lowest BCUT2D eigenvalue weighted by Gasteiger charge is -2.21. The predicted octanol–water partition coefficient (Wildman–Crippen LogP) is 3.11. The van der Waals surface area contributed by atoms with E-state index in [9.17, 15) is 13.2 Å². The number of H-pyrrole nitrogens is 1. The Morgan fingerprint density at radius 3 is 2.76 bits per heavy atom. The number of anilines is 2. The first-order valence-corrected chi connectivity index (χ1v) is 11.8. The fourth-order valence-electron chi connectivity index (χ4n) is 2.88. The van der Waals surface area contributed by atoms with Crippen LogP contribution in [0.3, 0.4) is 0 Å². The minimum Gasteiger partial charge on any atom is -0.465 e. The summed E-state index contributed by atoms with van der Waals surface area (Å²) >= 11 is 6.09. The van der Waals surface area contributed by atoms with Crippen molar-refractivity contribution in [1.82, 2.24) is 25.1 Å². The van der Waals surface area contributed by atoms with E-state index in [1.54, 1.807) is 13.0 Å². The first kappa shape index (κ1) is 24.2. The molecule has 0 saturated heterocycles. The number of nitrogens with one attached hydrogen (secondary N) is 3. The molecule has 2 aromatic heterocycles. The van der Waals surface area contributed by atoms with Crippen LogP contribution in [0.5, 0.6) is 0 Å². The third-order valence-electron chi connectivity index (χ3n) is 4.68. The molecule has 33 heavy (non-hydrogen) atoms. The zero-order chi connectivity index (χ0) is 24.3. The molecule has 1 amide bonds. The number of likely N-dealkylation sites (N-methyl/N-ethyl adjacent to an activating group) is 1.